The highest BCUT2D eigenvalue weighted by Gasteiger charge is 2.19. The van der Waals surface area contributed by atoms with E-state index in [4.69, 9.17) is 4.52 Å². The fourth-order valence-corrected chi connectivity index (χ4v) is 2.49. The molecule has 0 fully saturated rings. The highest BCUT2D eigenvalue weighted by Crippen LogP contribution is 2.19. The van der Waals surface area contributed by atoms with Gasteiger partial charge in [0.05, 0.1) is 0 Å². The number of carbonyl (C=O) groups excluding carboxylic acids is 1. The molecule has 1 N–H and O–H groups in total. The van der Waals surface area contributed by atoms with Crippen molar-refractivity contribution in [3.63, 3.8) is 0 Å². The van der Waals surface area contributed by atoms with Gasteiger partial charge in [-0.25, -0.2) is 9.97 Å². The summed E-state index contributed by atoms with van der Waals surface area (Å²) < 4.78 is 5.03. The fourth-order valence-electron chi connectivity index (χ4n) is 2.49. The first kappa shape index (κ1) is 16.6. The van der Waals surface area contributed by atoms with Crippen LogP contribution in [0, 0.1) is 13.8 Å². The number of para-hydroxylation sites is 1. The van der Waals surface area contributed by atoms with Gasteiger partial charge in [0.1, 0.15) is 23.1 Å². The molecule has 2 aromatic heterocycles. The molecule has 0 bridgehead atoms. The molecule has 128 valence electrons. The first-order chi connectivity index (χ1) is 12.1. The maximum absolute atomic E-state index is 12.9. The first-order valence-electron chi connectivity index (χ1n) is 7.99. The molecule has 0 spiro atoms. The first-order valence-corrected chi connectivity index (χ1v) is 7.99. The summed E-state index contributed by atoms with van der Waals surface area (Å²) >= 11 is 0. The topological polar surface area (TPSA) is 84.2 Å². The van der Waals surface area contributed by atoms with Gasteiger partial charge in [-0.3, -0.25) is 4.79 Å². The van der Waals surface area contributed by atoms with Crippen LogP contribution in [-0.2, 0) is 0 Å². The molecule has 0 atom stereocenters. The van der Waals surface area contributed by atoms with Crippen molar-refractivity contribution >= 4 is 23.2 Å². The van der Waals surface area contributed by atoms with Crippen LogP contribution >= 0.6 is 0 Å². The standard InChI is InChI=1S/C18H19N5O2/c1-4-23(14-8-6-5-7-9-14)18(24)15-11-16(20-13(3)19-15)21-17-10-12(2)25-22-17/h5-11H,4H2,1-3H3,(H,19,20,21,22). The van der Waals surface area contributed by atoms with E-state index in [2.05, 4.69) is 20.4 Å². The molecule has 3 rings (SSSR count). The number of benzene rings is 1. The molecule has 7 heteroatoms. The number of hydrogen-bond acceptors (Lipinski definition) is 6. The molecule has 0 aliphatic carbocycles. The van der Waals surface area contributed by atoms with Gasteiger partial charge in [-0.2, -0.15) is 0 Å². The second kappa shape index (κ2) is 7.12. The zero-order chi connectivity index (χ0) is 17.8. The fraction of sp³-hybridized carbons (Fsp3) is 0.222. The van der Waals surface area contributed by atoms with E-state index in [1.165, 1.54) is 0 Å². The third kappa shape index (κ3) is 3.82. The lowest BCUT2D eigenvalue weighted by Crippen LogP contribution is -2.31. The lowest BCUT2D eigenvalue weighted by atomic mass is 10.2. The molecule has 0 aliphatic heterocycles. The average molecular weight is 337 g/mol. The van der Waals surface area contributed by atoms with Crippen LogP contribution in [0.2, 0.25) is 0 Å². The van der Waals surface area contributed by atoms with Gasteiger partial charge in [-0.05, 0) is 32.9 Å². The van der Waals surface area contributed by atoms with Gasteiger partial charge < -0.3 is 14.7 Å². The number of aromatic nitrogens is 3. The largest absolute Gasteiger partial charge is 0.360 e. The normalized spacial score (nSPS) is 10.5. The number of rotatable bonds is 5. The summed E-state index contributed by atoms with van der Waals surface area (Å²) in [7, 11) is 0. The third-order valence-corrected chi connectivity index (χ3v) is 3.57. The summed E-state index contributed by atoms with van der Waals surface area (Å²) in [6.07, 6.45) is 0. The maximum atomic E-state index is 12.9. The van der Waals surface area contributed by atoms with E-state index in [-0.39, 0.29) is 5.91 Å². The second-order valence-electron chi connectivity index (χ2n) is 5.52. The van der Waals surface area contributed by atoms with Crippen molar-refractivity contribution in [3.05, 3.63) is 59.7 Å². The van der Waals surface area contributed by atoms with E-state index < -0.39 is 0 Å². The molecule has 7 nitrogen and oxygen atoms in total. The van der Waals surface area contributed by atoms with Crippen molar-refractivity contribution in [2.75, 3.05) is 16.8 Å². The number of nitrogens with one attached hydrogen (secondary N) is 1. The highest BCUT2D eigenvalue weighted by molar-refractivity contribution is 6.05. The Morgan fingerprint density at radius 3 is 2.52 bits per heavy atom. The number of nitrogens with zero attached hydrogens (tertiary/aromatic N) is 4. The van der Waals surface area contributed by atoms with Crippen molar-refractivity contribution in [3.8, 4) is 0 Å². The van der Waals surface area contributed by atoms with Gasteiger partial charge >= 0.3 is 0 Å². The smallest absolute Gasteiger partial charge is 0.277 e. The molecule has 0 aliphatic rings. The summed E-state index contributed by atoms with van der Waals surface area (Å²) in [4.78, 5) is 23.2. The highest BCUT2D eigenvalue weighted by atomic mass is 16.5. The van der Waals surface area contributed by atoms with Crippen LogP contribution in [0.1, 0.15) is 29.0 Å². The molecule has 0 saturated heterocycles. The Morgan fingerprint density at radius 2 is 1.88 bits per heavy atom. The van der Waals surface area contributed by atoms with Gasteiger partial charge in [-0.1, -0.05) is 23.4 Å². The number of carbonyl (C=O) groups is 1. The number of aryl methyl sites for hydroxylation is 2. The van der Waals surface area contributed by atoms with E-state index in [0.29, 0.717) is 35.5 Å². The molecule has 0 saturated carbocycles. The lowest BCUT2D eigenvalue weighted by Gasteiger charge is -2.20. The molecule has 0 unspecified atom stereocenters. The summed E-state index contributed by atoms with van der Waals surface area (Å²) in [5, 5.41) is 6.90. The molecular weight excluding hydrogens is 318 g/mol. The van der Waals surface area contributed by atoms with Crippen LogP contribution in [0.3, 0.4) is 0 Å². The van der Waals surface area contributed by atoms with E-state index >= 15 is 0 Å². The molecule has 1 aromatic carbocycles. The maximum Gasteiger partial charge on any atom is 0.277 e. The van der Waals surface area contributed by atoms with Gasteiger partial charge in [0.2, 0.25) is 0 Å². The van der Waals surface area contributed by atoms with Gasteiger partial charge in [-0.15, -0.1) is 0 Å². The second-order valence-corrected chi connectivity index (χ2v) is 5.52. The summed E-state index contributed by atoms with van der Waals surface area (Å²) in [6, 6.07) is 12.9. The van der Waals surface area contributed by atoms with Gasteiger partial charge in [0.15, 0.2) is 5.82 Å². The van der Waals surface area contributed by atoms with Crippen LogP contribution < -0.4 is 10.2 Å². The van der Waals surface area contributed by atoms with Crippen LogP contribution in [0.25, 0.3) is 0 Å². The van der Waals surface area contributed by atoms with Crippen LogP contribution in [0.15, 0.2) is 47.0 Å². The molecule has 0 radical (unpaired) electrons. The molecular formula is C18H19N5O2. The van der Waals surface area contributed by atoms with Crippen molar-refractivity contribution in [1.29, 1.82) is 0 Å². The summed E-state index contributed by atoms with van der Waals surface area (Å²) in [5.74, 6) is 2.03. The quantitative estimate of drug-likeness (QED) is 0.767. The molecule has 2 heterocycles. The van der Waals surface area contributed by atoms with E-state index in [0.717, 1.165) is 5.69 Å². The Balaban J connectivity index is 1.89. The Bertz CT molecular complexity index is 876. The zero-order valence-electron chi connectivity index (χ0n) is 14.4. The minimum atomic E-state index is -0.182. The summed E-state index contributed by atoms with van der Waals surface area (Å²) in [6.45, 7) is 6.01. The van der Waals surface area contributed by atoms with Crippen LogP contribution in [-0.4, -0.2) is 27.6 Å². The summed E-state index contributed by atoms with van der Waals surface area (Å²) in [5.41, 5.74) is 1.15. The molecule has 25 heavy (non-hydrogen) atoms. The van der Waals surface area contributed by atoms with Crippen LogP contribution in [0.5, 0.6) is 0 Å². The third-order valence-electron chi connectivity index (χ3n) is 3.57. The van der Waals surface area contributed by atoms with Crippen LogP contribution in [0.4, 0.5) is 17.3 Å². The number of amides is 1. The number of anilines is 3. The van der Waals surface area contributed by atoms with Gasteiger partial charge in [0, 0.05) is 24.4 Å². The Morgan fingerprint density at radius 1 is 1.12 bits per heavy atom. The van der Waals surface area contributed by atoms with Crippen molar-refractivity contribution in [2.24, 2.45) is 0 Å². The van der Waals surface area contributed by atoms with E-state index in [1.807, 2.05) is 37.3 Å². The predicted molar refractivity (Wildman–Crippen MR) is 95.1 cm³/mol. The Labute approximate surface area is 145 Å². The van der Waals surface area contributed by atoms with E-state index in [9.17, 15) is 4.79 Å². The number of hydrogen-bond donors (Lipinski definition) is 1. The molecule has 1 amide bonds. The van der Waals surface area contributed by atoms with Crippen molar-refractivity contribution < 1.29 is 9.32 Å². The minimum absolute atomic E-state index is 0.182. The molecule has 3 aromatic rings. The minimum Gasteiger partial charge on any atom is -0.360 e. The monoisotopic (exact) mass is 337 g/mol. The SMILES string of the molecule is CCN(C(=O)c1cc(Nc2cc(C)on2)nc(C)n1)c1ccccc1. The zero-order valence-corrected chi connectivity index (χ0v) is 14.4. The Hall–Kier alpha value is -3.22. The van der Waals surface area contributed by atoms with Gasteiger partial charge in [0.25, 0.3) is 5.91 Å². The van der Waals surface area contributed by atoms with Crippen molar-refractivity contribution in [2.45, 2.75) is 20.8 Å². The Kier molecular flexibility index (Phi) is 4.74. The van der Waals surface area contributed by atoms with E-state index in [1.54, 1.807) is 30.9 Å². The van der Waals surface area contributed by atoms with Crippen molar-refractivity contribution in [1.82, 2.24) is 15.1 Å². The predicted octanol–water partition coefficient (Wildman–Crippen LogP) is 3.49. The average Bonchev–Trinajstić information content (AvgIpc) is 3.00. The lowest BCUT2D eigenvalue weighted by molar-refractivity contribution is 0.0983.